The average Bonchev–Trinajstić information content (AvgIpc) is 3.08. The number of cyclic esters (lactones) is 1. The third-order valence-corrected chi connectivity index (χ3v) is 10.8. The van der Waals surface area contributed by atoms with E-state index in [1.165, 1.54) is 14.0 Å². The fourth-order valence-electron chi connectivity index (χ4n) is 8.17. The maximum Gasteiger partial charge on any atom is 0.309 e. The molecule has 3 N–H and O–H groups in total. The van der Waals surface area contributed by atoms with Crippen LogP contribution in [0.15, 0.2) is 24.3 Å². The molecule has 16 nitrogen and oxygen atoms in total. The van der Waals surface area contributed by atoms with Crippen LogP contribution in [0.1, 0.15) is 93.9 Å². The van der Waals surface area contributed by atoms with Gasteiger partial charge >= 0.3 is 17.9 Å². The molecule has 0 amide bonds. The van der Waals surface area contributed by atoms with E-state index >= 15 is 0 Å². The van der Waals surface area contributed by atoms with Crippen LogP contribution in [0.3, 0.4) is 0 Å². The largest absolute Gasteiger partial charge is 0.462 e. The molecule has 58 heavy (non-hydrogen) atoms. The lowest BCUT2D eigenvalue weighted by Gasteiger charge is -2.50. The van der Waals surface area contributed by atoms with Gasteiger partial charge in [-0.25, -0.2) is 0 Å². The molecule has 16 unspecified atom stereocenters. The maximum atomic E-state index is 13.3. The number of carbonyl (C=O) groups excluding carboxylic acids is 4. The number of hydrogen-bond donors (Lipinski definition) is 3. The number of likely N-dealkylation sites (N-methyl/N-ethyl adjacent to an activating group) is 1. The Morgan fingerprint density at radius 3 is 2.24 bits per heavy atom. The van der Waals surface area contributed by atoms with Crippen molar-refractivity contribution < 1.29 is 72.4 Å². The summed E-state index contributed by atoms with van der Waals surface area (Å²) in [6.45, 7) is 13.6. The third kappa shape index (κ3) is 14.4. The van der Waals surface area contributed by atoms with Crippen molar-refractivity contribution in [3.8, 4) is 0 Å². The van der Waals surface area contributed by atoms with Gasteiger partial charge in [0.1, 0.15) is 42.4 Å². The predicted octanol–water partition coefficient (Wildman–Crippen LogP) is 3.01. The van der Waals surface area contributed by atoms with Gasteiger partial charge in [-0.2, -0.15) is 0 Å². The van der Waals surface area contributed by atoms with Gasteiger partial charge in [0.25, 0.3) is 0 Å². The Kier molecular flexibility index (Phi) is 19.4. The van der Waals surface area contributed by atoms with E-state index in [-0.39, 0.29) is 37.5 Å². The Morgan fingerprint density at radius 1 is 0.983 bits per heavy atom. The van der Waals surface area contributed by atoms with Crippen molar-refractivity contribution >= 4 is 24.2 Å². The molecule has 2 fully saturated rings. The van der Waals surface area contributed by atoms with E-state index in [0.29, 0.717) is 6.42 Å². The molecule has 0 spiro atoms. The van der Waals surface area contributed by atoms with Crippen molar-refractivity contribution in [3.63, 3.8) is 0 Å². The minimum atomic E-state index is -1.49. The minimum absolute atomic E-state index is 0.0162. The van der Waals surface area contributed by atoms with Crippen molar-refractivity contribution in [2.24, 2.45) is 17.8 Å². The molecule has 0 aromatic carbocycles. The van der Waals surface area contributed by atoms with Gasteiger partial charge in [-0.15, -0.1) is 0 Å². The van der Waals surface area contributed by atoms with Crippen LogP contribution in [0.25, 0.3) is 0 Å². The van der Waals surface area contributed by atoms with E-state index in [1.807, 2.05) is 26.8 Å². The van der Waals surface area contributed by atoms with E-state index in [0.717, 1.165) is 6.29 Å². The summed E-state index contributed by atoms with van der Waals surface area (Å²) in [6, 6.07) is -0.763. The van der Waals surface area contributed by atoms with Gasteiger partial charge in [-0.3, -0.25) is 14.4 Å². The van der Waals surface area contributed by atoms with Gasteiger partial charge < -0.3 is 62.9 Å². The lowest BCUT2D eigenvalue weighted by molar-refractivity contribution is -0.344. The van der Waals surface area contributed by atoms with E-state index in [9.17, 15) is 34.5 Å². The van der Waals surface area contributed by atoms with Crippen LogP contribution >= 0.6 is 0 Å². The van der Waals surface area contributed by atoms with Crippen LogP contribution in [-0.4, -0.2) is 151 Å². The number of esters is 3. The number of methoxy groups -OCH3 is 1. The molecule has 0 saturated carbocycles. The molecular formula is C42H69NO15. The van der Waals surface area contributed by atoms with Gasteiger partial charge in [-0.05, 0) is 66.0 Å². The molecule has 0 aromatic rings. The zero-order valence-electron chi connectivity index (χ0n) is 36.1. The molecule has 3 rings (SSSR count). The van der Waals surface area contributed by atoms with Gasteiger partial charge in [0.2, 0.25) is 0 Å². The SMILES string of the molecule is COC1C(OC(C)=O)CC(=O)OC(C)CC(O)/C=C\C=C\C(C)CC(CC=O)C1OC1OC(C)C(OC2CC(C)(O)C(OC(=O)CC(C)C)C(C)O2)C(N(C)C)C1O. The standard InChI is InChI=1S/C42H69NO15/c1-23(2)18-32(47)56-40-27(6)53-34(22-42(40,8)50)57-37-26(5)54-41(36(49)35(37)43(9)10)58-38-29(16-17-44)19-24(3)14-12-13-15-30(46)20-25(4)52-33(48)21-31(39(38)51-11)55-28(7)45/h12-15,17,23-27,29-31,34-41,46,49-50H,16,18-22H2,1-11H3/b14-12+,15-13-. The second-order valence-electron chi connectivity index (χ2n) is 17.0. The summed E-state index contributed by atoms with van der Waals surface area (Å²) in [5.74, 6) is -2.50. The second kappa shape index (κ2) is 22.7. The van der Waals surface area contributed by atoms with Crippen LogP contribution in [0, 0.1) is 17.8 Å². The lowest BCUT2D eigenvalue weighted by Crippen LogP contribution is -2.66. The van der Waals surface area contributed by atoms with Crippen molar-refractivity contribution in [1.29, 1.82) is 0 Å². The number of aldehydes is 1. The molecule has 3 aliphatic rings. The highest BCUT2D eigenvalue weighted by atomic mass is 16.7. The zero-order chi connectivity index (χ0) is 43.5. The van der Waals surface area contributed by atoms with Crippen LogP contribution in [0.5, 0.6) is 0 Å². The maximum absolute atomic E-state index is 13.3. The average molecular weight is 828 g/mol. The fourth-order valence-corrected chi connectivity index (χ4v) is 8.17. The van der Waals surface area contributed by atoms with Crippen molar-refractivity contribution in [2.75, 3.05) is 21.2 Å². The fraction of sp³-hybridized carbons (Fsp3) is 0.810. The van der Waals surface area contributed by atoms with Crippen molar-refractivity contribution in [2.45, 2.75) is 179 Å². The number of rotatable bonds is 12. The predicted molar refractivity (Wildman–Crippen MR) is 210 cm³/mol. The number of allylic oxidation sites excluding steroid dienone is 3. The number of nitrogens with zero attached hydrogens (tertiary/aromatic N) is 1. The van der Waals surface area contributed by atoms with E-state index in [4.69, 9.17) is 37.9 Å². The highest BCUT2D eigenvalue weighted by Crippen LogP contribution is 2.37. The topological polar surface area (TPSA) is 206 Å². The first-order valence-corrected chi connectivity index (χ1v) is 20.4. The van der Waals surface area contributed by atoms with Crippen LogP contribution in [0.2, 0.25) is 0 Å². The smallest absolute Gasteiger partial charge is 0.309 e. The summed E-state index contributed by atoms with van der Waals surface area (Å²) in [5.41, 5.74) is -1.49. The molecule has 2 saturated heterocycles. The number of aliphatic hydroxyl groups is 3. The molecule has 332 valence electrons. The zero-order valence-corrected chi connectivity index (χ0v) is 36.1. The highest BCUT2D eigenvalue weighted by Gasteiger charge is 2.53. The Bertz CT molecular complexity index is 1390. The van der Waals surface area contributed by atoms with Crippen LogP contribution in [0.4, 0.5) is 0 Å². The summed E-state index contributed by atoms with van der Waals surface area (Å²) in [5, 5.41) is 34.0. The monoisotopic (exact) mass is 827 g/mol. The molecular weight excluding hydrogens is 758 g/mol. The summed E-state index contributed by atoms with van der Waals surface area (Å²) >= 11 is 0. The van der Waals surface area contributed by atoms with E-state index in [2.05, 4.69) is 0 Å². The van der Waals surface area contributed by atoms with Crippen LogP contribution < -0.4 is 0 Å². The molecule has 0 aliphatic carbocycles. The Hall–Kier alpha value is -2.80. The molecule has 3 heterocycles. The molecule has 0 aromatic heterocycles. The van der Waals surface area contributed by atoms with Crippen molar-refractivity contribution in [1.82, 2.24) is 4.90 Å². The first kappa shape index (κ1) is 49.6. The minimum Gasteiger partial charge on any atom is -0.462 e. The molecule has 16 heteroatoms. The highest BCUT2D eigenvalue weighted by molar-refractivity contribution is 5.72. The van der Waals surface area contributed by atoms with E-state index in [1.54, 1.807) is 64.9 Å². The number of carbonyl (C=O) groups is 4. The normalized spacial score (nSPS) is 40.7. The summed E-state index contributed by atoms with van der Waals surface area (Å²) in [4.78, 5) is 52.3. The Balaban J connectivity index is 1.97. The van der Waals surface area contributed by atoms with Gasteiger partial charge in [-0.1, -0.05) is 45.1 Å². The first-order chi connectivity index (χ1) is 27.2. The van der Waals surface area contributed by atoms with E-state index < -0.39 is 116 Å². The second-order valence-corrected chi connectivity index (χ2v) is 17.0. The Labute approximate surface area is 343 Å². The third-order valence-electron chi connectivity index (χ3n) is 10.8. The first-order valence-electron chi connectivity index (χ1n) is 20.4. The molecule has 0 radical (unpaired) electrons. The number of aliphatic hydroxyl groups excluding tert-OH is 2. The van der Waals surface area contributed by atoms with Crippen molar-refractivity contribution in [3.05, 3.63) is 24.3 Å². The van der Waals surface area contributed by atoms with Gasteiger partial charge in [0.05, 0.1) is 36.9 Å². The Morgan fingerprint density at radius 2 is 1.66 bits per heavy atom. The quantitative estimate of drug-likeness (QED) is 0.147. The molecule has 3 aliphatic heterocycles. The van der Waals surface area contributed by atoms with Gasteiger partial charge in [0.15, 0.2) is 18.7 Å². The molecule has 0 bridgehead atoms. The van der Waals surface area contributed by atoms with Crippen LogP contribution in [-0.2, 0) is 57.1 Å². The summed E-state index contributed by atoms with van der Waals surface area (Å²) < 4.78 is 48.6. The summed E-state index contributed by atoms with van der Waals surface area (Å²) in [6.07, 6.45) is -3.94. The number of hydrogen-bond acceptors (Lipinski definition) is 16. The summed E-state index contributed by atoms with van der Waals surface area (Å²) in [7, 11) is 4.89. The number of ether oxygens (including phenoxy) is 8. The lowest BCUT2D eigenvalue weighted by atomic mass is 9.84. The molecule has 16 atom stereocenters. The van der Waals surface area contributed by atoms with Gasteiger partial charge in [0, 0.05) is 39.7 Å².